The standard InChI is InChI=1S/C23H23N5OS2/c1-14-4-8-17(9-5-14)20-21(18-10-6-15(2)7-11-18)26-22(25-20)30-13-12-19(29)24-23-28-27-16(3)31-23/h4-11H,12-13H2,1-3H3,(H,25,26)(H,24,28,29). The molecule has 31 heavy (non-hydrogen) atoms. The number of hydrogen-bond acceptors (Lipinski definition) is 6. The van der Waals surface area contributed by atoms with Gasteiger partial charge in [-0.05, 0) is 20.8 Å². The molecule has 4 rings (SSSR count). The summed E-state index contributed by atoms with van der Waals surface area (Å²) in [5, 5.41) is 12.8. The minimum atomic E-state index is -0.0762. The molecule has 158 valence electrons. The van der Waals surface area contributed by atoms with Crippen LogP contribution in [0.2, 0.25) is 0 Å². The molecular formula is C23H23N5OS2. The second-order valence-corrected chi connectivity index (χ2v) is 9.54. The van der Waals surface area contributed by atoms with E-state index in [4.69, 9.17) is 4.98 Å². The van der Waals surface area contributed by atoms with Crippen molar-refractivity contribution in [2.24, 2.45) is 0 Å². The number of nitrogens with one attached hydrogen (secondary N) is 2. The number of hydrogen-bond donors (Lipinski definition) is 2. The van der Waals surface area contributed by atoms with Gasteiger partial charge in [0, 0.05) is 23.3 Å². The average molecular weight is 450 g/mol. The predicted molar refractivity (Wildman–Crippen MR) is 128 cm³/mol. The van der Waals surface area contributed by atoms with Crippen LogP contribution in [0.25, 0.3) is 22.5 Å². The topological polar surface area (TPSA) is 83.6 Å². The molecule has 0 aliphatic rings. The van der Waals surface area contributed by atoms with E-state index in [1.807, 2.05) is 6.92 Å². The number of imidazole rings is 1. The van der Waals surface area contributed by atoms with Gasteiger partial charge in [0.05, 0.1) is 11.4 Å². The molecule has 2 N–H and O–H groups in total. The van der Waals surface area contributed by atoms with Gasteiger partial charge in [0.1, 0.15) is 5.01 Å². The average Bonchev–Trinajstić information content (AvgIpc) is 3.35. The summed E-state index contributed by atoms with van der Waals surface area (Å²) in [6, 6.07) is 16.8. The van der Waals surface area contributed by atoms with Crippen molar-refractivity contribution in [3.05, 3.63) is 64.7 Å². The van der Waals surface area contributed by atoms with Gasteiger partial charge < -0.3 is 10.3 Å². The van der Waals surface area contributed by atoms with Crippen LogP contribution in [0.4, 0.5) is 5.13 Å². The number of anilines is 1. The zero-order valence-electron chi connectivity index (χ0n) is 17.6. The minimum Gasteiger partial charge on any atom is -0.332 e. The first-order valence-electron chi connectivity index (χ1n) is 9.95. The summed E-state index contributed by atoms with van der Waals surface area (Å²) in [7, 11) is 0. The molecule has 0 spiro atoms. The Morgan fingerprint density at radius 3 is 2.23 bits per heavy atom. The van der Waals surface area contributed by atoms with Crippen LogP contribution in [-0.4, -0.2) is 31.8 Å². The van der Waals surface area contributed by atoms with E-state index in [1.54, 1.807) is 0 Å². The second-order valence-electron chi connectivity index (χ2n) is 7.27. The Bertz CT molecular complexity index is 1120. The van der Waals surface area contributed by atoms with Gasteiger partial charge in [0.2, 0.25) is 11.0 Å². The Balaban J connectivity index is 1.50. The molecule has 6 nitrogen and oxygen atoms in total. The van der Waals surface area contributed by atoms with Crippen LogP contribution < -0.4 is 5.32 Å². The Hall–Kier alpha value is -2.97. The van der Waals surface area contributed by atoms with Crippen molar-refractivity contribution < 1.29 is 4.79 Å². The highest BCUT2D eigenvalue weighted by molar-refractivity contribution is 7.99. The van der Waals surface area contributed by atoms with Crippen LogP contribution >= 0.6 is 23.1 Å². The molecule has 0 radical (unpaired) electrons. The fraction of sp³-hybridized carbons (Fsp3) is 0.217. The Morgan fingerprint density at radius 2 is 1.61 bits per heavy atom. The van der Waals surface area contributed by atoms with E-state index in [1.165, 1.54) is 34.2 Å². The van der Waals surface area contributed by atoms with Gasteiger partial charge in [0.25, 0.3) is 0 Å². The summed E-state index contributed by atoms with van der Waals surface area (Å²) in [5.74, 6) is 0.533. The number of carbonyl (C=O) groups is 1. The summed E-state index contributed by atoms with van der Waals surface area (Å²) in [6.07, 6.45) is 0.365. The number of amides is 1. The van der Waals surface area contributed by atoms with Gasteiger partial charge in [0.15, 0.2) is 5.16 Å². The largest absolute Gasteiger partial charge is 0.332 e. The van der Waals surface area contributed by atoms with Crippen molar-refractivity contribution in [3.8, 4) is 22.5 Å². The highest BCUT2D eigenvalue weighted by Gasteiger charge is 2.15. The summed E-state index contributed by atoms with van der Waals surface area (Å²) >= 11 is 2.90. The van der Waals surface area contributed by atoms with E-state index in [-0.39, 0.29) is 5.91 Å². The maximum atomic E-state index is 12.2. The molecule has 0 saturated carbocycles. The van der Waals surface area contributed by atoms with Crippen molar-refractivity contribution in [3.63, 3.8) is 0 Å². The van der Waals surface area contributed by atoms with Gasteiger partial charge in [-0.3, -0.25) is 4.79 Å². The zero-order valence-corrected chi connectivity index (χ0v) is 19.2. The molecule has 0 aliphatic heterocycles. The maximum Gasteiger partial charge on any atom is 0.227 e. The fourth-order valence-electron chi connectivity index (χ4n) is 3.04. The lowest BCUT2D eigenvalue weighted by atomic mass is 10.0. The molecule has 8 heteroatoms. The number of rotatable bonds is 7. The highest BCUT2D eigenvalue weighted by Crippen LogP contribution is 2.33. The summed E-state index contributed by atoms with van der Waals surface area (Å²) in [6.45, 7) is 6.01. The normalized spacial score (nSPS) is 10.9. The van der Waals surface area contributed by atoms with E-state index in [0.29, 0.717) is 17.3 Å². The second kappa shape index (κ2) is 9.45. The molecule has 2 aromatic carbocycles. The Morgan fingerprint density at radius 1 is 0.968 bits per heavy atom. The number of aromatic nitrogens is 4. The molecule has 0 unspecified atom stereocenters. The third kappa shape index (κ3) is 5.39. The molecule has 0 atom stereocenters. The number of benzene rings is 2. The van der Waals surface area contributed by atoms with Crippen LogP contribution in [0, 0.1) is 20.8 Å². The Kier molecular flexibility index (Phi) is 6.48. The predicted octanol–water partition coefficient (Wildman–Crippen LogP) is 5.64. The molecule has 0 aliphatic carbocycles. The molecule has 2 aromatic heterocycles. The third-order valence-electron chi connectivity index (χ3n) is 4.69. The lowest BCUT2D eigenvalue weighted by Gasteiger charge is -2.04. The highest BCUT2D eigenvalue weighted by atomic mass is 32.2. The van der Waals surface area contributed by atoms with Crippen molar-refractivity contribution in [2.75, 3.05) is 11.1 Å². The van der Waals surface area contributed by atoms with Gasteiger partial charge in [-0.15, -0.1) is 10.2 Å². The van der Waals surface area contributed by atoms with Gasteiger partial charge in [-0.2, -0.15) is 0 Å². The number of carbonyl (C=O) groups excluding carboxylic acids is 1. The monoisotopic (exact) mass is 449 g/mol. The van der Waals surface area contributed by atoms with E-state index in [0.717, 1.165) is 32.7 Å². The van der Waals surface area contributed by atoms with Crippen LogP contribution in [0.1, 0.15) is 22.6 Å². The van der Waals surface area contributed by atoms with Crippen molar-refractivity contribution in [1.29, 1.82) is 0 Å². The van der Waals surface area contributed by atoms with E-state index >= 15 is 0 Å². The smallest absolute Gasteiger partial charge is 0.227 e. The molecule has 2 heterocycles. The zero-order chi connectivity index (χ0) is 21.8. The van der Waals surface area contributed by atoms with Gasteiger partial charge in [-0.1, -0.05) is 82.8 Å². The van der Waals surface area contributed by atoms with Crippen LogP contribution in [0.5, 0.6) is 0 Å². The van der Waals surface area contributed by atoms with E-state index < -0.39 is 0 Å². The third-order valence-corrected chi connectivity index (χ3v) is 6.32. The van der Waals surface area contributed by atoms with Crippen molar-refractivity contribution >= 4 is 34.1 Å². The van der Waals surface area contributed by atoms with Crippen LogP contribution in [0.3, 0.4) is 0 Å². The molecule has 0 fully saturated rings. The van der Waals surface area contributed by atoms with Crippen LogP contribution in [-0.2, 0) is 4.79 Å². The summed E-state index contributed by atoms with van der Waals surface area (Å²) < 4.78 is 0. The van der Waals surface area contributed by atoms with Crippen LogP contribution in [0.15, 0.2) is 53.7 Å². The summed E-state index contributed by atoms with van der Waals surface area (Å²) in [5.41, 5.74) is 6.48. The lowest BCUT2D eigenvalue weighted by Crippen LogP contribution is -2.12. The molecule has 0 bridgehead atoms. The molecule has 4 aromatic rings. The lowest BCUT2D eigenvalue weighted by molar-refractivity contribution is -0.115. The summed E-state index contributed by atoms with van der Waals surface area (Å²) in [4.78, 5) is 20.5. The van der Waals surface area contributed by atoms with Gasteiger partial charge >= 0.3 is 0 Å². The van der Waals surface area contributed by atoms with Crippen molar-refractivity contribution in [2.45, 2.75) is 32.3 Å². The van der Waals surface area contributed by atoms with Gasteiger partial charge in [-0.25, -0.2) is 4.98 Å². The quantitative estimate of drug-likeness (QED) is 0.357. The maximum absolute atomic E-state index is 12.2. The molecule has 0 saturated heterocycles. The molecule has 1 amide bonds. The SMILES string of the molecule is Cc1ccc(-c2nc(SCCC(=O)Nc3nnc(C)s3)[nH]c2-c2ccc(C)cc2)cc1. The number of nitrogens with zero attached hydrogens (tertiary/aromatic N) is 3. The Labute approximate surface area is 189 Å². The number of aromatic amines is 1. The van der Waals surface area contributed by atoms with E-state index in [2.05, 4.69) is 82.9 Å². The minimum absolute atomic E-state index is 0.0762. The number of thioether (sulfide) groups is 1. The number of H-pyrrole nitrogens is 1. The first kappa shape index (κ1) is 21.3. The first-order chi connectivity index (χ1) is 15.0. The fourth-order valence-corrected chi connectivity index (χ4v) is 4.46. The first-order valence-corrected chi connectivity index (χ1v) is 11.7. The van der Waals surface area contributed by atoms with Crippen molar-refractivity contribution in [1.82, 2.24) is 20.2 Å². The van der Waals surface area contributed by atoms with E-state index in [9.17, 15) is 4.79 Å². The molecular weight excluding hydrogens is 426 g/mol. The number of aryl methyl sites for hydroxylation is 3.